The molecular formula is C45H63ClN4O8S. The molecule has 0 radical (unpaired) electrons. The molecule has 324 valence electrons. The van der Waals surface area contributed by atoms with Gasteiger partial charge in [0.15, 0.2) is 6.10 Å². The largest absolute Gasteiger partial charge is 0.495 e. The maximum Gasteiger partial charge on any atom is 0.347 e. The Morgan fingerprint density at radius 2 is 1.63 bits per heavy atom. The third kappa shape index (κ3) is 13.7. The highest BCUT2D eigenvalue weighted by molar-refractivity contribution is 7.81. The minimum atomic E-state index is -1.21. The van der Waals surface area contributed by atoms with Crippen LogP contribution in [-0.4, -0.2) is 109 Å². The van der Waals surface area contributed by atoms with Crippen LogP contribution in [0.15, 0.2) is 54.6 Å². The molecule has 3 aliphatic rings. The van der Waals surface area contributed by atoms with Gasteiger partial charge in [0.05, 0.1) is 23.7 Å². The molecule has 0 aromatic heterocycles. The topological polar surface area (TPSA) is 139 Å². The number of nitrogens with one attached hydrogen (secondary N) is 2. The zero-order chi connectivity index (χ0) is 43.1. The van der Waals surface area contributed by atoms with Crippen LogP contribution < -0.4 is 15.4 Å². The lowest BCUT2D eigenvalue weighted by molar-refractivity contribution is -0.179. The maximum atomic E-state index is 13.8. The number of piperazine rings is 1. The van der Waals surface area contributed by atoms with Crippen LogP contribution in [0.25, 0.3) is 0 Å². The van der Waals surface area contributed by atoms with Crippen LogP contribution in [0.1, 0.15) is 84.1 Å². The molecule has 2 aromatic carbocycles. The molecule has 2 fully saturated rings. The predicted octanol–water partition coefficient (Wildman–Crippen LogP) is 5.95. The fourth-order valence-corrected chi connectivity index (χ4v) is 8.03. The van der Waals surface area contributed by atoms with Crippen molar-refractivity contribution in [2.75, 3.05) is 46.4 Å². The first-order valence-corrected chi connectivity index (χ1v) is 21.5. The second-order valence-electron chi connectivity index (χ2n) is 18.0. The Hall–Kier alpha value is -3.62. The number of benzene rings is 2. The van der Waals surface area contributed by atoms with Gasteiger partial charge >= 0.3 is 11.9 Å². The molecular weight excluding hydrogens is 792 g/mol. The van der Waals surface area contributed by atoms with Crippen molar-refractivity contribution in [1.82, 2.24) is 20.4 Å². The van der Waals surface area contributed by atoms with E-state index in [9.17, 15) is 19.2 Å². The van der Waals surface area contributed by atoms with E-state index < -0.39 is 47.4 Å². The van der Waals surface area contributed by atoms with Crippen molar-refractivity contribution in [3.05, 3.63) is 76.3 Å². The Morgan fingerprint density at radius 3 is 2.25 bits per heavy atom. The van der Waals surface area contributed by atoms with Gasteiger partial charge in [-0.1, -0.05) is 68.8 Å². The summed E-state index contributed by atoms with van der Waals surface area (Å²) in [7, 11) is 1.51. The van der Waals surface area contributed by atoms with E-state index in [0.29, 0.717) is 16.3 Å². The van der Waals surface area contributed by atoms with Gasteiger partial charge in [-0.25, -0.2) is 4.79 Å². The second kappa shape index (κ2) is 20.3. The number of cyclic esters (lactones) is 2. The monoisotopic (exact) mass is 854 g/mol. The standard InChI is InChI=1S/C45H63ClN4O8S/c1-28(2)22-37-42(53)56-35(29(3)39-40(58-39)32-15-12-30(13-16-32)25-49-18-20-50(21-19-49)27-45(6,7)59)10-9-11-38(51)48-34(24-31-14-17-36(55-8)33(46)23-31)41(52)47-26-44(4,5)43(54)57-37/h9,11-17,23,28-29,34-35,37,39-40,59H,10,18-22,24-27H2,1-8H3,(H,47,52)(H,48,51)/b11-9+/t29-,34+,35-,37-,39+,40+/m0/s1. The van der Waals surface area contributed by atoms with Gasteiger partial charge in [-0.3, -0.25) is 24.2 Å². The molecule has 0 saturated carbocycles. The molecule has 6 atom stereocenters. The number of methoxy groups -OCH3 is 1. The Kier molecular flexibility index (Phi) is 16.0. The Bertz CT molecular complexity index is 1810. The number of hydrogen-bond acceptors (Lipinski definition) is 11. The van der Waals surface area contributed by atoms with Crippen molar-refractivity contribution in [2.45, 2.75) is 109 Å². The quantitative estimate of drug-likeness (QED) is 0.134. The van der Waals surface area contributed by atoms with Crippen molar-refractivity contribution in [1.29, 1.82) is 0 Å². The zero-order valence-corrected chi connectivity index (χ0v) is 37.4. The minimum Gasteiger partial charge on any atom is -0.495 e. The van der Waals surface area contributed by atoms with Gasteiger partial charge in [-0.15, -0.1) is 0 Å². The van der Waals surface area contributed by atoms with E-state index in [1.165, 1.54) is 18.7 Å². The van der Waals surface area contributed by atoms with Gasteiger partial charge in [-0.05, 0) is 74.9 Å². The molecule has 3 aliphatic heterocycles. The SMILES string of the molecule is COc1ccc(C[C@H]2NC(=O)/C=C/C[C@@H]([C@H](C)[C@H]3O[C@@H]3c3ccc(CN4CCN(CC(C)(C)S)CC4)cc3)OC(=O)[C@H](CC(C)C)OC(=O)C(C)(C)CNC2=O)cc1Cl. The third-order valence-corrected chi connectivity index (χ3v) is 11.5. The lowest BCUT2D eigenvalue weighted by Gasteiger charge is -2.37. The number of amides is 2. The average Bonchev–Trinajstić information content (AvgIpc) is 3.97. The molecule has 2 amide bonds. The van der Waals surface area contributed by atoms with E-state index in [-0.39, 0.29) is 54.6 Å². The normalized spacial score (nSPS) is 26.3. The second-order valence-corrected chi connectivity index (χ2v) is 19.6. The number of carbonyl (C=O) groups excluding carboxylic acids is 4. The first-order chi connectivity index (χ1) is 27.8. The van der Waals surface area contributed by atoms with Crippen molar-refractivity contribution >= 4 is 48.0 Å². The molecule has 0 aliphatic carbocycles. The molecule has 3 heterocycles. The molecule has 5 rings (SSSR count). The predicted molar refractivity (Wildman–Crippen MR) is 231 cm³/mol. The number of nitrogens with zero attached hydrogens (tertiary/aromatic N) is 2. The summed E-state index contributed by atoms with van der Waals surface area (Å²) in [6.07, 6.45) is 1.24. The molecule has 12 nitrogen and oxygen atoms in total. The summed E-state index contributed by atoms with van der Waals surface area (Å²) in [6.45, 7) is 19.2. The highest BCUT2D eigenvalue weighted by atomic mass is 35.5. The molecule has 2 saturated heterocycles. The van der Waals surface area contributed by atoms with E-state index >= 15 is 0 Å². The zero-order valence-electron chi connectivity index (χ0n) is 35.8. The number of ether oxygens (including phenoxy) is 4. The van der Waals surface area contributed by atoms with Gasteiger partial charge in [0, 0.05) is 69.3 Å². The number of carbonyl (C=O) groups is 4. The van der Waals surface area contributed by atoms with Crippen LogP contribution in [0, 0.1) is 17.3 Å². The number of thiol groups is 1. The molecule has 14 heteroatoms. The third-order valence-electron chi connectivity index (χ3n) is 11.1. The summed E-state index contributed by atoms with van der Waals surface area (Å²) in [6, 6.07) is 12.7. The number of halogens is 1. The lowest BCUT2D eigenvalue weighted by Crippen LogP contribution is -2.51. The summed E-state index contributed by atoms with van der Waals surface area (Å²) in [5, 5.41) is 5.96. The van der Waals surface area contributed by atoms with Gasteiger partial charge in [0.2, 0.25) is 11.8 Å². The van der Waals surface area contributed by atoms with Crippen LogP contribution in [0.2, 0.25) is 5.02 Å². The molecule has 2 aromatic rings. The van der Waals surface area contributed by atoms with Gasteiger partial charge in [-0.2, -0.15) is 12.6 Å². The summed E-state index contributed by atoms with van der Waals surface area (Å²) < 4.78 is 23.5. The van der Waals surface area contributed by atoms with Crippen LogP contribution in [0.3, 0.4) is 0 Å². The van der Waals surface area contributed by atoms with E-state index in [1.54, 1.807) is 38.1 Å². The highest BCUT2D eigenvalue weighted by Crippen LogP contribution is 2.45. The van der Waals surface area contributed by atoms with Crippen molar-refractivity contribution in [2.24, 2.45) is 17.3 Å². The number of epoxide rings is 1. The van der Waals surface area contributed by atoms with Gasteiger partial charge in [0.1, 0.15) is 24.0 Å². The van der Waals surface area contributed by atoms with Crippen LogP contribution in [0.5, 0.6) is 5.75 Å². The fraction of sp³-hybridized carbons (Fsp3) is 0.600. The summed E-state index contributed by atoms with van der Waals surface area (Å²) in [5.41, 5.74) is 1.76. The number of hydrogen-bond donors (Lipinski definition) is 3. The van der Waals surface area contributed by atoms with Crippen LogP contribution >= 0.6 is 24.2 Å². The smallest absolute Gasteiger partial charge is 0.347 e. The van der Waals surface area contributed by atoms with Gasteiger partial charge in [0.25, 0.3) is 0 Å². The molecule has 0 bridgehead atoms. The molecule has 59 heavy (non-hydrogen) atoms. The lowest BCUT2D eigenvalue weighted by atomic mass is 9.92. The molecule has 0 unspecified atom stereocenters. The summed E-state index contributed by atoms with van der Waals surface area (Å²) in [4.78, 5) is 59.3. The van der Waals surface area contributed by atoms with E-state index in [1.807, 2.05) is 20.8 Å². The van der Waals surface area contributed by atoms with Crippen molar-refractivity contribution in [3.8, 4) is 5.75 Å². The Morgan fingerprint density at radius 1 is 0.966 bits per heavy atom. The number of rotatable bonds is 12. The van der Waals surface area contributed by atoms with E-state index in [0.717, 1.165) is 44.8 Å². The van der Waals surface area contributed by atoms with E-state index in [4.69, 9.17) is 43.2 Å². The molecule has 0 spiro atoms. The Labute approximate surface area is 360 Å². The van der Waals surface area contributed by atoms with Gasteiger partial charge < -0.3 is 29.6 Å². The average molecular weight is 856 g/mol. The summed E-state index contributed by atoms with van der Waals surface area (Å²) in [5.74, 6) is -2.11. The minimum absolute atomic E-state index is 0.00893. The van der Waals surface area contributed by atoms with E-state index in [2.05, 4.69) is 58.5 Å². The maximum absolute atomic E-state index is 13.8. The first-order valence-electron chi connectivity index (χ1n) is 20.7. The highest BCUT2D eigenvalue weighted by Gasteiger charge is 2.48. The van der Waals surface area contributed by atoms with Crippen LogP contribution in [0.4, 0.5) is 0 Å². The first kappa shape index (κ1) is 46.4. The van der Waals surface area contributed by atoms with Crippen LogP contribution in [-0.2, 0) is 46.4 Å². The van der Waals surface area contributed by atoms with Crippen molar-refractivity contribution < 1.29 is 38.1 Å². The Balaban J connectivity index is 1.30. The fourth-order valence-electron chi connectivity index (χ4n) is 7.55. The van der Waals surface area contributed by atoms with Crippen molar-refractivity contribution in [3.63, 3.8) is 0 Å². The summed E-state index contributed by atoms with van der Waals surface area (Å²) >= 11 is 11.1. The number of esters is 2. The molecule has 2 N–H and O–H groups in total.